The van der Waals surface area contributed by atoms with Crippen LogP contribution in [0, 0.1) is 0 Å². The van der Waals surface area contributed by atoms with E-state index in [4.69, 9.17) is 4.74 Å². The number of rotatable bonds is 7. The molecule has 0 aliphatic heterocycles. The SMILES string of the molecule is CCNC(Cc1ccsc1)CC(C)(C)OC. The van der Waals surface area contributed by atoms with Crippen LogP contribution in [0.3, 0.4) is 0 Å². The van der Waals surface area contributed by atoms with Gasteiger partial charge < -0.3 is 10.1 Å². The molecule has 0 saturated carbocycles. The largest absolute Gasteiger partial charge is 0.379 e. The summed E-state index contributed by atoms with van der Waals surface area (Å²) in [5, 5.41) is 7.90. The van der Waals surface area contributed by atoms with Crippen molar-refractivity contribution in [3.8, 4) is 0 Å². The summed E-state index contributed by atoms with van der Waals surface area (Å²) in [6.07, 6.45) is 2.12. The summed E-state index contributed by atoms with van der Waals surface area (Å²) < 4.78 is 5.50. The maximum absolute atomic E-state index is 5.50. The number of thiophene rings is 1. The zero-order valence-corrected chi connectivity index (χ0v) is 11.6. The van der Waals surface area contributed by atoms with E-state index in [0.29, 0.717) is 6.04 Å². The van der Waals surface area contributed by atoms with Gasteiger partial charge in [-0.25, -0.2) is 0 Å². The molecule has 1 aromatic heterocycles. The van der Waals surface area contributed by atoms with Gasteiger partial charge in [-0.15, -0.1) is 0 Å². The van der Waals surface area contributed by atoms with Crippen LogP contribution in [0.4, 0.5) is 0 Å². The fraction of sp³-hybridized carbons (Fsp3) is 0.692. The van der Waals surface area contributed by atoms with Gasteiger partial charge in [0.05, 0.1) is 5.60 Å². The van der Waals surface area contributed by atoms with Crippen molar-refractivity contribution < 1.29 is 4.74 Å². The van der Waals surface area contributed by atoms with Crippen LogP contribution in [0.15, 0.2) is 16.8 Å². The molecule has 0 aliphatic rings. The fourth-order valence-corrected chi connectivity index (χ4v) is 2.56. The van der Waals surface area contributed by atoms with Crippen molar-refractivity contribution in [3.05, 3.63) is 22.4 Å². The van der Waals surface area contributed by atoms with Crippen LogP contribution in [0.25, 0.3) is 0 Å². The first-order chi connectivity index (χ1) is 7.57. The second-order valence-corrected chi connectivity index (χ2v) is 5.54. The van der Waals surface area contributed by atoms with Crippen LogP contribution in [0.1, 0.15) is 32.8 Å². The van der Waals surface area contributed by atoms with Crippen LogP contribution >= 0.6 is 11.3 Å². The highest BCUT2D eigenvalue weighted by atomic mass is 32.1. The summed E-state index contributed by atoms with van der Waals surface area (Å²) in [5.74, 6) is 0. The predicted octanol–water partition coefficient (Wildman–Crippen LogP) is 3.08. The van der Waals surface area contributed by atoms with Crippen LogP contribution in [-0.4, -0.2) is 25.3 Å². The van der Waals surface area contributed by atoms with Gasteiger partial charge in [-0.2, -0.15) is 11.3 Å². The van der Waals surface area contributed by atoms with E-state index >= 15 is 0 Å². The molecule has 1 heterocycles. The molecule has 0 fully saturated rings. The van der Waals surface area contributed by atoms with Gasteiger partial charge in [-0.1, -0.05) is 6.92 Å². The summed E-state index contributed by atoms with van der Waals surface area (Å²) in [6, 6.07) is 2.70. The molecule has 0 amide bonds. The summed E-state index contributed by atoms with van der Waals surface area (Å²) in [5.41, 5.74) is 1.37. The lowest BCUT2D eigenvalue weighted by molar-refractivity contribution is 0.00727. The first-order valence-electron chi connectivity index (χ1n) is 5.87. The molecule has 92 valence electrons. The molecule has 0 spiro atoms. The standard InChI is InChI=1S/C13H23NOS/c1-5-14-12(9-13(2,3)15-4)8-11-6-7-16-10-11/h6-7,10,12,14H,5,8-9H2,1-4H3. The highest BCUT2D eigenvalue weighted by molar-refractivity contribution is 7.07. The van der Waals surface area contributed by atoms with Crippen LogP contribution in [0.5, 0.6) is 0 Å². The van der Waals surface area contributed by atoms with Crippen molar-refractivity contribution >= 4 is 11.3 Å². The minimum atomic E-state index is -0.0527. The van der Waals surface area contributed by atoms with E-state index in [-0.39, 0.29) is 5.60 Å². The molecular formula is C13H23NOS. The van der Waals surface area contributed by atoms with Gasteiger partial charge in [0.25, 0.3) is 0 Å². The minimum absolute atomic E-state index is 0.0527. The topological polar surface area (TPSA) is 21.3 Å². The molecule has 1 unspecified atom stereocenters. The molecule has 0 radical (unpaired) electrons. The summed E-state index contributed by atoms with van der Waals surface area (Å²) in [6.45, 7) is 7.45. The Kier molecular flexibility index (Phi) is 5.46. The molecule has 0 aromatic carbocycles. The number of hydrogen-bond donors (Lipinski definition) is 1. The molecule has 16 heavy (non-hydrogen) atoms. The number of hydrogen-bond acceptors (Lipinski definition) is 3. The second kappa shape index (κ2) is 6.38. The average molecular weight is 241 g/mol. The fourth-order valence-electron chi connectivity index (χ4n) is 1.88. The Morgan fingerprint density at radius 3 is 2.75 bits per heavy atom. The van der Waals surface area contributed by atoms with E-state index < -0.39 is 0 Å². The highest BCUT2D eigenvalue weighted by Gasteiger charge is 2.22. The molecule has 3 heteroatoms. The Labute approximate surface area is 103 Å². The van der Waals surface area contributed by atoms with E-state index in [0.717, 1.165) is 19.4 Å². The zero-order chi connectivity index (χ0) is 12.0. The first-order valence-corrected chi connectivity index (χ1v) is 6.81. The van der Waals surface area contributed by atoms with Gasteiger partial charge in [0.2, 0.25) is 0 Å². The molecule has 1 aromatic rings. The maximum Gasteiger partial charge on any atom is 0.0637 e. The normalized spacial score (nSPS) is 14.0. The van der Waals surface area contributed by atoms with E-state index in [2.05, 4.69) is 42.9 Å². The smallest absolute Gasteiger partial charge is 0.0637 e. The van der Waals surface area contributed by atoms with Crippen molar-refractivity contribution in [2.75, 3.05) is 13.7 Å². The Hall–Kier alpha value is -0.380. The highest BCUT2D eigenvalue weighted by Crippen LogP contribution is 2.19. The van der Waals surface area contributed by atoms with Crippen LogP contribution in [-0.2, 0) is 11.2 Å². The third-order valence-electron chi connectivity index (χ3n) is 2.85. The van der Waals surface area contributed by atoms with Crippen molar-refractivity contribution in [1.29, 1.82) is 0 Å². The minimum Gasteiger partial charge on any atom is -0.379 e. The lowest BCUT2D eigenvalue weighted by Gasteiger charge is -2.29. The maximum atomic E-state index is 5.50. The van der Waals surface area contributed by atoms with Crippen molar-refractivity contribution in [1.82, 2.24) is 5.32 Å². The average Bonchev–Trinajstić information content (AvgIpc) is 2.70. The summed E-state index contributed by atoms with van der Waals surface area (Å²) in [7, 11) is 1.79. The van der Waals surface area contributed by atoms with Crippen molar-refractivity contribution in [2.45, 2.75) is 45.3 Å². The lowest BCUT2D eigenvalue weighted by Crippen LogP contribution is -2.38. The molecule has 2 nitrogen and oxygen atoms in total. The molecule has 0 saturated heterocycles. The van der Waals surface area contributed by atoms with Crippen LogP contribution in [0.2, 0.25) is 0 Å². The van der Waals surface area contributed by atoms with Gasteiger partial charge in [0.1, 0.15) is 0 Å². The third-order valence-corrected chi connectivity index (χ3v) is 3.58. The number of likely N-dealkylation sites (N-methyl/N-ethyl adjacent to an activating group) is 1. The second-order valence-electron chi connectivity index (χ2n) is 4.76. The molecular weight excluding hydrogens is 218 g/mol. The number of nitrogens with one attached hydrogen (secondary N) is 1. The van der Waals surface area contributed by atoms with Crippen molar-refractivity contribution in [2.24, 2.45) is 0 Å². The molecule has 1 atom stereocenters. The van der Waals surface area contributed by atoms with Gasteiger partial charge in [0, 0.05) is 13.2 Å². The Balaban J connectivity index is 2.54. The molecule has 1 N–H and O–H groups in total. The molecule has 0 aliphatic carbocycles. The third kappa shape index (κ3) is 4.64. The predicted molar refractivity (Wildman–Crippen MR) is 71.2 cm³/mol. The van der Waals surface area contributed by atoms with E-state index in [1.165, 1.54) is 5.56 Å². The number of ether oxygens (including phenoxy) is 1. The Morgan fingerprint density at radius 1 is 1.50 bits per heavy atom. The molecule has 1 rings (SSSR count). The van der Waals surface area contributed by atoms with E-state index in [1.54, 1.807) is 18.4 Å². The van der Waals surface area contributed by atoms with E-state index in [1.807, 2.05) is 0 Å². The van der Waals surface area contributed by atoms with E-state index in [9.17, 15) is 0 Å². The van der Waals surface area contributed by atoms with Gasteiger partial charge in [-0.3, -0.25) is 0 Å². The Bertz CT molecular complexity index is 282. The summed E-state index contributed by atoms with van der Waals surface area (Å²) >= 11 is 1.76. The zero-order valence-electron chi connectivity index (χ0n) is 10.7. The van der Waals surface area contributed by atoms with Crippen LogP contribution < -0.4 is 5.32 Å². The summed E-state index contributed by atoms with van der Waals surface area (Å²) in [4.78, 5) is 0. The monoisotopic (exact) mass is 241 g/mol. The lowest BCUT2D eigenvalue weighted by atomic mass is 9.95. The Morgan fingerprint density at radius 2 is 2.25 bits per heavy atom. The quantitative estimate of drug-likeness (QED) is 0.792. The first kappa shape index (κ1) is 13.7. The molecule has 0 bridgehead atoms. The number of methoxy groups -OCH3 is 1. The van der Waals surface area contributed by atoms with Gasteiger partial charge in [-0.05, 0) is 55.6 Å². The van der Waals surface area contributed by atoms with Crippen molar-refractivity contribution in [3.63, 3.8) is 0 Å². The van der Waals surface area contributed by atoms with Gasteiger partial charge in [0.15, 0.2) is 0 Å². The van der Waals surface area contributed by atoms with Gasteiger partial charge >= 0.3 is 0 Å².